The molecular weight excluding hydrogens is 471 g/mol. The van der Waals surface area contributed by atoms with E-state index in [9.17, 15) is 19.7 Å². The van der Waals surface area contributed by atoms with Crippen LogP contribution in [0, 0.1) is 10.1 Å². The molecule has 0 spiro atoms. The van der Waals surface area contributed by atoms with Crippen LogP contribution in [0.2, 0.25) is 10.0 Å². The van der Waals surface area contributed by atoms with E-state index in [1.807, 2.05) is 0 Å². The topological polar surface area (TPSA) is 101 Å². The summed E-state index contributed by atoms with van der Waals surface area (Å²) in [5.74, 6) is -0.161. The molecule has 1 heterocycles. The molecule has 2 aromatic carbocycles. The van der Waals surface area contributed by atoms with Crippen LogP contribution in [-0.2, 0) is 11.3 Å². The van der Waals surface area contributed by atoms with Gasteiger partial charge in [0.2, 0.25) is 0 Å². The van der Waals surface area contributed by atoms with E-state index in [-0.39, 0.29) is 23.7 Å². The van der Waals surface area contributed by atoms with Gasteiger partial charge < -0.3 is 5.11 Å². The second-order valence-electron chi connectivity index (χ2n) is 6.07. The number of carbonyl (C=O) groups is 2. The van der Waals surface area contributed by atoms with Crippen molar-refractivity contribution in [2.45, 2.75) is 11.4 Å². The van der Waals surface area contributed by atoms with Crippen molar-refractivity contribution >= 4 is 69.6 Å². The standard InChI is InChI=1S/C19H14Cl2N2O5S2/c20-13-3-1-12(7-14(13)21)10-22-18(25)17(30-19(22)26)9-11-2-4-16(29-6-5-24)15(8-11)23(27)28/h1-4,7-9,24H,5-6,10H2/b17-9+. The van der Waals surface area contributed by atoms with Gasteiger partial charge in [0, 0.05) is 11.8 Å². The summed E-state index contributed by atoms with van der Waals surface area (Å²) in [4.78, 5) is 37.5. The van der Waals surface area contributed by atoms with Gasteiger partial charge in [-0.05, 0) is 47.2 Å². The largest absolute Gasteiger partial charge is 0.396 e. The van der Waals surface area contributed by atoms with Crippen molar-refractivity contribution in [3.8, 4) is 0 Å². The zero-order valence-corrected chi connectivity index (χ0v) is 18.4. The summed E-state index contributed by atoms with van der Waals surface area (Å²) < 4.78 is 0. The van der Waals surface area contributed by atoms with Gasteiger partial charge in [0.15, 0.2) is 0 Å². The highest BCUT2D eigenvalue weighted by molar-refractivity contribution is 8.18. The number of aliphatic hydroxyl groups excluding tert-OH is 1. The molecule has 0 saturated carbocycles. The summed E-state index contributed by atoms with van der Waals surface area (Å²) in [6.07, 6.45) is 1.45. The average molecular weight is 485 g/mol. The first-order valence-electron chi connectivity index (χ1n) is 8.51. The number of carbonyl (C=O) groups excluding carboxylic acids is 2. The van der Waals surface area contributed by atoms with Gasteiger partial charge in [-0.15, -0.1) is 11.8 Å². The third-order valence-corrected chi connectivity index (χ3v) is 6.71. The third kappa shape index (κ3) is 5.16. The SMILES string of the molecule is O=C1S/C(=C/c2ccc(SCCO)c([N+](=O)[O-])c2)C(=O)N1Cc1ccc(Cl)c(Cl)c1. The molecule has 1 aliphatic heterocycles. The van der Waals surface area contributed by atoms with Crippen LogP contribution in [0.15, 0.2) is 46.2 Å². The Labute approximate surface area is 190 Å². The molecule has 0 atom stereocenters. The molecule has 3 rings (SSSR count). The fourth-order valence-corrected chi connectivity index (χ4v) is 4.57. The van der Waals surface area contributed by atoms with Crippen molar-refractivity contribution in [1.82, 2.24) is 4.90 Å². The minimum atomic E-state index is -0.521. The van der Waals surface area contributed by atoms with Crippen LogP contribution in [0.25, 0.3) is 6.08 Å². The lowest BCUT2D eigenvalue weighted by molar-refractivity contribution is -0.387. The van der Waals surface area contributed by atoms with Gasteiger partial charge in [0.25, 0.3) is 16.8 Å². The number of thioether (sulfide) groups is 2. The third-order valence-electron chi connectivity index (χ3n) is 4.02. The Morgan fingerprint density at radius 3 is 2.60 bits per heavy atom. The first-order chi connectivity index (χ1) is 14.3. The number of benzene rings is 2. The number of imide groups is 1. The number of amides is 2. The van der Waals surface area contributed by atoms with Gasteiger partial charge in [-0.2, -0.15) is 0 Å². The van der Waals surface area contributed by atoms with Crippen molar-refractivity contribution in [2.75, 3.05) is 12.4 Å². The summed E-state index contributed by atoms with van der Waals surface area (Å²) in [6, 6.07) is 9.37. The molecule has 1 N–H and O–H groups in total. The predicted molar refractivity (Wildman–Crippen MR) is 119 cm³/mol. The molecule has 156 valence electrons. The Morgan fingerprint density at radius 1 is 1.17 bits per heavy atom. The van der Waals surface area contributed by atoms with Crippen LogP contribution in [-0.4, -0.2) is 38.4 Å². The van der Waals surface area contributed by atoms with Crippen molar-refractivity contribution in [3.05, 3.63) is 72.6 Å². The molecule has 0 aromatic heterocycles. The van der Waals surface area contributed by atoms with Crippen molar-refractivity contribution < 1.29 is 19.6 Å². The summed E-state index contributed by atoms with van der Waals surface area (Å²) >= 11 is 13.8. The van der Waals surface area contributed by atoms with E-state index in [0.717, 1.165) is 28.4 Å². The monoisotopic (exact) mass is 484 g/mol. The Balaban J connectivity index is 1.83. The van der Waals surface area contributed by atoms with Crippen LogP contribution >= 0.6 is 46.7 Å². The van der Waals surface area contributed by atoms with E-state index in [2.05, 4.69) is 0 Å². The fraction of sp³-hybridized carbons (Fsp3) is 0.158. The second-order valence-corrected chi connectivity index (χ2v) is 9.02. The maximum absolute atomic E-state index is 12.7. The van der Waals surface area contributed by atoms with Gasteiger partial charge in [0.1, 0.15) is 0 Å². The number of nitro groups is 1. The minimum Gasteiger partial charge on any atom is -0.396 e. The maximum atomic E-state index is 12.7. The second kappa shape index (κ2) is 9.84. The molecule has 1 saturated heterocycles. The van der Waals surface area contributed by atoms with E-state index in [1.54, 1.807) is 30.3 Å². The zero-order chi connectivity index (χ0) is 21.8. The molecule has 30 heavy (non-hydrogen) atoms. The minimum absolute atomic E-state index is 0.0375. The fourth-order valence-electron chi connectivity index (χ4n) is 2.65. The Kier molecular flexibility index (Phi) is 7.43. The zero-order valence-electron chi connectivity index (χ0n) is 15.2. The van der Waals surface area contributed by atoms with Crippen molar-refractivity contribution in [2.24, 2.45) is 0 Å². The highest BCUT2D eigenvalue weighted by Gasteiger charge is 2.35. The number of rotatable bonds is 7. The summed E-state index contributed by atoms with van der Waals surface area (Å²) in [5, 5.41) is 20.5. The Morgan fingerprint density at radius 2 is 1.93 bits per heavy atom. The molecule has 1 aliphatic rings. The molecule has 1 fully saturated rings. The normalized spacial score (nSPS) is 15.3. The van der Waals surface area contributed by atoms with Crippen LogP contribution in [0.4, 0.5) is 10.5 Å². The van der Waals surface area contributed by atoms with Gasteiger partial charge >= 0.3 is 0 Å². The molecule has 2 amide bonds. The maximum Gasteiger partial charge on any atom is 0.293 e. The highest BCUT2D eigenvalue weighted by atomic mass is 35.5. The summed E-state index contributed by atoms with van der Waals surface area (Å²) in [5.41, 5.74) is 0.946. The lowest BCUT2D eigenvalue weighted by atomic mass is 10.1. The van der Waals surface area contributed by atoms with Crippen LogP contribution in [0.3, 0.4) is 0 Å². The number of nitro benzene ring substituents is 1. The molecule has 0 bridgehead atoms. The molecule has 0 unspecified atom stereocenters. The quantitative estimate of drug-likeness (QED) is 0.248. The van der Waals surface area contributed by atoms with E-state index in [1.165, 1.54) is 12.1 Å². The Bertz CT molecular complexity index is 1060. The van der Waals surface area contributed by atoms with Gasteiger partial charge in [-0.3, -0.25) is 24.6 Å². The number of halogens is 2. The number of hydrogen-bond donors (Lipinski definition) is 1. The number of hydrogen-bond acceptors (Lipinski definition) is 7. The lowest BCUT2D eigenvalue weighted by Gasteiger charge is -2.12. The van der Waals surface area contributed by atoms with Gasteiger partial charge in [0.05, 0.1) is 37.9 Å². The van der Waals surface area contributed by atoms with E-state index >= 15 is 0 Å². The van der Waals surface area contributed by atoms with Crippen LogP contribution in [0.1, 0.15) is 11.1 Å². The molecule has 2 aromatic rings. The summed E-state index contributed by atoms with van der Waals surface area (Å²) in [7, 11) is 0. The average Bonchev–Trinajstić information content (AvgIpc) is 2.97. The molecule has 7 nitrogen and oxygen atoms in total. The highest BCUT2D eigenvalue weighted by Crippen LogP contribution is 2.36. The predicted octanol–water partition coefficient (Wildman–Crippen LogP) is 5.22. The van der Waals surface area contributed by atoms with E-state index in [4.69, 9.17) is 28.3 Å². The summed E-state index contributed by atoms with van der Waals surface area (Å²) in [6.45, 7) is -0.0642. The molecule has 0 radical (unpaired) electrons. The molecular formula is C19H14Cl2N2O5S2. The van der Waals surface area contributed by atoms with Crippen molar-refractivity contribution in [3.63, 3.8) is 0 Å². The lowest BCUT2D eigenvalue weighted by Crippen LogP contribution is -2.27. The van der Waals surface area contributed by atoms with Gasteiger partial charge in [-0.25, -0.2) is 0 Å². The Hall–Kier alpha value is -2.04. The molecule has 0 aliphatic carbocycles. The first-order valence-corrected chi connectivity index (χ1v) is 11.1. The van der Waals surface area contributed by atoms with Crippen molar-refractivity contribution in [1.29, 1.82) is 0 Å². The number of nitrogens with zero attached hydrogens (tertiary/aromatic N) is 2. The van der Waals surface area contributed by atoms with Gasteiger partial charge in [-0.1, -0.05) is 35.3 Å². The number of aliphatic hydroxyl groups is 1. The smallest absolute Gasteiger partial charge is 0.293 e. The van der Waals surface area contributed by atoms with E-state index < -0.39 is 16.1 Å². The van der Waals surface area contributed by atoms with E-state index in [0.29, 0.717) is 31.8 Å². The van der Waals surface area contributed by atoms with Crippen LogP contribution in [0.5, 0.6) is 0 Å². The van der Waals surface area contributed by atoms with Crippen LogP contribution < -0.4 is 0 Å². The molecule has 11 heteroatoms. The first kappa shape index (κ1) is 22.6.